The highest BCUT2D eigenvalue weighted by atomic mass is 19.1. The van der Waals surface area contributed by atoms with Gasteiger partial charge in [-0.25, -0.2) is 4.39 Å². The van der Waals surface area contributed by atoms with Gasteiger partial charge in [-0.05, 0) is 24.3 Å². The van der Waals surface area contributed by atoms with Gasteiger partial charge in [0, 0.05) is 5.56 Å². The van der Waals surface area contributed by atoms with Crippen LogP contribution in [0.25, 0.3) is 11.3 Å². The van der Waals surface area contributed by atoms with Crippen molar-refractivity contribution in [3.05, 3.63) is 42.4 Å². The van der Waals surface area contributed by atoms with Crippen molar-refractivity contribution < 1.29 is 8.81 Å². The van der Waals surface area contributed by atoms with Crippen LogP contribution in [0.3, 0.4) is 0 Å². The fraction of sp³-hybridized carbons (Fsp3) is 0. The molecule has 0 aliphatic rings. The molecule has 1 heterocycles. The van der Waals surface area contributed by atoms with E-state index in [1.165, 1.54) is 12.3 Å². The molecule has 2 N–H and O–H groups in total. The molecule has 2 aromatic rings. The van der Waals surface area contributed by atoms with Gasteiger partial charge in [-0.2, -0.15) is 0 Å². The maximum Gasteiger partial charge on any atom is 0.146 e. The molecule has 2 rings (SSSR count). The summed E-state index contributed by atoms with van der Waals surface area (Å²) >= 11 is 0. The molecule has 0 aliphatic carbocycles. The number of anilines is 1. The summed E-state index contributed by atoms with van der Waals surface area (Å²) in [4.78, 5) is 0. The number of para-hydroxylation sites is 1. The minimum atomic E-state index is -0.422. The molecule has 0 unspecified atom stereocenters. The zero-order chi connectivity index (χ0) is 9.26. The summed E-state index contributed by atoms with van der Waals surface area (Å²) in [5.41, 5.74) is 6.25. The average Bonchev–Trinajstić information content (AvgIpc) is 2.62. The Morgan fingerprint density at radius 1 is 1.15 bits per heavy atom. The van der Waals surface area contributed by atoms with Gasteiger partial charge in [-0.1, -0.05) is 6.07 Å². The highest BCUT2D eigenvalue weighted by Gasteiger charge is 2.07. The topological polar surface area (TPSA) is 39.2 Å². The van der Waals surface area contributed by atoms with Crippen LogP contribution in [0.15, 0.2) is 41.0 Å². The largest absolute Gasteiger partial charge is 0.464 e. The van der Waals surface area contributed by atoms with Crippen LogP contribution >= 0.6 is 0 Å². The Balaban J connectivity index is 2.59. The molecule has 66 valence electrons. The third-order valence-electron chi connectivity index (χ3n) is 1.84. The molecule has 1 aromatic carbocycles. The molecule has 0 bridgehead atoms. The highest BCUT2D eigenvalue weighted by molar-refractivity contribution is 5.72. The highest BCUT2D eigenvalue weighted by Crippen LogP contribution is 2.27. The van der Waals surface area contributed by atoms with Crippen molar-refractivity contribution in [1.82, 2.24) is 0 Å². The van der Waals surface area contributed by atoms with Crippen molar-refractivity contribution in [2.24, 2.45) is 0 Å². The summed E-state index contributed by atoms with van der Waals surface area (Å²) in [6, 6.07) is 8.12. The van der Waals surface area contributed by atoms with Gasteiger partial charge in [0.25, 0.3) is 0 Å². The smallest absolute Gasteiger partial charge is 0.146 e. The van der Waals surface area contributed by atoms with E-state index < -0.39 is 5.82 Å². The monoisotopic (exact) mass is 177 g/mol. The Morgan fingerprint density at radius 3 is 2.69 bits per heavy atom. The van der Waals surface area contributed by atoms with Gasteiger partial charge < -0.3 is 10.2 Å². The number of nitrogen functional groups attached to an aromatic ring is 1. The number of rotatable bonds is 1. The van der Waals surface area contributed by atoms with E-state index in [9.17, 15) is 4.39 Å². The van der Waals surface area contributed by atoms with E-state index in [-0.39, 0.29) is 5.69 Å². The van der Waals surface area contributed by atoms with Crippen molar-refractivity contribution in [2.45, 2.75) is 0 Å². The van der Waals surface area contributed by atoms with Crippen molar-refractivity contribution in [3.63, 3.8) is 0 Å². The number of furan rings is 1. The summed E-state index contributed by atoms with van der Waals surface area (Å²) in [7, 11) is 0. The van der Waals surface area contributed by atoms with Crippen LogP contribution in [0, 0.1) is 5.82 Å². The minimum Gasteiger partial charge on any atom is -0.464 e. The Morgan fingerprint density at radius 2 is 2.00 bits per heavy atom. The maximum atomic E-state index is 13.0. The van der Waals surface area contributed by atoms with Gasteiger partial charge in [0.05, 0.1) is 12.0 Å². The van der Waals surface area contributed by atoms with Gasteiger partial charge in [0.15, 0.2) is 0 Å². The first-order chi connectivity index (χ1) is 6.29. The fourth-order valence-electron chi connectivity index (χ4n) is 1.18. The Hall–Kier alpha value is -1.77. The summed E-state index contributed by atoms with van der Waals surface area (Å²) < 4.78 is 18.1. The zero-order valence-electron chi connectivity index (χ0n) is 6.83. The Bertz CT molecular complexity index is 409. The van der Waals surface area contributed by atoms with E-state index in [0.29, 0.717) is 11.3 Å². The van der Waals surface area contributed by atoms with E-state index in [0.717, 1.165) is 0 Å². The van der Waals surface area contributed by atoms with Gasteiger partial charge in [0.1, 0.15) is 11.6 Å². The standard InChI is InChI=1S/C10H8FNO/c11-8-4-1-3-7(10(8)12)9-5-2-6-13-9/h1-6H,12H2. The number of hydrogen-bond acceptors (Lipinski definition) is 2. The van der Waals surface area contributed by atoms with Crippen LogP contribution < -0.4 is 5.73 Å². The first-order valence-electron chi connectivity index (χ1n) is 3.87. The quantitative estimate of drug-likeness (QED) is 0.680. The van der Waals surface area contributed by atoms with E-state index in [4.69, 9.17) is 10.2 Å². The summed E-state index contributed by atoms with van der Waals surface area (Å²) in [6.07, 6.45) is 1.53. The van der Waals surface area contributed by atoms with Gasteiger partial charge in [0.2, 0.25) is 0 Å². The number of hydrogen-bond donors (Lipinski definition) is 1. The lowest BCUT2D eigenvalue weighted by Gasteiger charge is -2.02. The average molecular weight is 177 g/mol. The molecule has 0 saturated carbocycles. The number of benzene rings is 1. The molecule has 0 amide bonds. The molecule has 0 spiro atoms. The molecule has 1 aromatic heterocycles. The zero-order valence-corrected chi connectivity index (χ0v) is 6.83. The third kappa shape index (κ3) is 1.28. The lowest BCUT2D eigenvalue weighted by Crippen LogP contribution is -1.92. The first-order valence-corrected chi connectivity index (χ1v) is 3.87. The molecule has 2 nitrogen and oxygen atoms in total. The molecule has 0 atom stereocenters. The summed E-state index contributed by atoms with van der Waals surface area (Å²) in [6.45, 7) is 0. The molecule has 13 heavy (non-hydrogen) atoms. The normalized spacial score (nSPS) is 10.2. The van der Waals surface area contributed by atoms with Crippen LogP contribution in [0.1, 0.15) is 0 Å². The van der Waals surface area contributed by atoms with Crippen molar-refractivity contribution >= 4 is 5.69 Å². The molecule has 0 aliphatic heterocycles. The van der Waals surface area contributed by atoms with Crippen LogP contribution in [-0.4, -0.2) is 0 Å². The van der Waals surface area contributed by atoms with Gasteiger partial charge >= 0.3 is 0 Å². The lowest BCUT2D eigenvalue weighted by atomic mass is 10.1. The molecule has 0 saturated heterocycles. The Kier molecular flexibility index (Phi) is 1.77. The SMILES string of the molecule is Nc1c(F)cccc1-c1ccco1. The number of halogens is 1. The molecule has 0 fully saturated rings. The maximum absolute atomic E-state index is 13.0. The second-order valence-corrected chi connectivity index (χ2v) is 2.68. The third-order valence-corrected chi connectivity index (χ3v) is 1.84. The van der Waals surface area contributed by atoms with E-state index in [1.807, 2.05) is 0 Å². The molecule has 0 radical (unpaired) electrons. The molecular formula is C10H8FNO. The first kappa shape index (κ1) is 7.86. The lowest BCUT2D eigenvalue weighted by molar-refractivity contribution is 0.581. The van der Waals surface area contributed by atoms with E-state index in [2.05, 4.69) is 0 Å². The van der Waals surface area contributed by atoms with Crippen LogP contribution in [0.2, 0.25) is 0 Å². The van der Waals surface area contributed by atoms with Crippen molar-refractivity contribution in [3.8, 4) is 11.3 Å². The van der Waals surface area contributed by atoms with E-state index in [1.54, 1.807) is 24.3 Å². The number of nitrogens with two attached hydrogens (primary N) is 1. The Labute approximate surface area is 74.8 Å². The predicted octanol–water partition coefficient (Wildman–Crippen LogP) is 2.67. The minimum absolute atomic E-state index is 0.123. The summed E-state index contributed by atoms with van der Waals surface area (Å²) in [5.74, 6) is 0.158. The van der Waals surface area contributed by atoms with Gasteiger partial charge in [-0.15, -0.1) is 0 Å². The van der Waals surface area contributed by atoms with Crippen molar-refractivity contribution in [2.75, 3.05) is 5.73 Å². The van der Waals surface area contributed by atoms with Crippen LogP contribution in [0.5, 0.6) is 0 Å². The van der Waals surface area contributed by atoms with E-state index >= 15 is 0 Å². The summed E-state index contributed by atoms with van der Waals surface area (Å²) in [5, 5.41) is 0. The molecular weight excluding hydrogens is 169 g/mol. The second-order valence-electron chi connectivity index (χ2n) is 2.68. The molecule has 3 heteroatoms. The van der Waals surface area contributed by atoms with Gasteiger partial charge in [-0.3, -0.25) is 0 Å². The second kappa shape index (κ2) is 2.94. The van der Waals surface area contributed by atoms with Crippen LogP contribution in [0.4, 0.5) is 10.1 Å². The predicted molar refractivity (Wildman–Crippen MR) is 48.5 cm³/mol. The van der Waals surface area contributed by atoms with Crippen molar-refractivity contribution in [1.29, 1.82) is 0 Å². The van der Waals surface area contributed by atoms with Crippen LogP contribution in [-0.2, 0) is 0 Å². The fourth-order valence-corrected chi connectivity index (χ4v) is 1.18.